The van der Waals surface area contributed by atoms with E-state index in [0.717, 1.165) is 6.92 Å². The Balaban J connectivity index is 2.74. The van der Waals surface area contributed by atoms with Gasteiger partial charge < -0.3 is 36.0 Å². The normalized spacial score (nSPS) is 14.7. The van der Waals surface area contributed by atoms with E-state index in [1.165, 1.54) is 13.3 Å². The maximum Gasteiger partial charge on any atom is 0.347 e. The van der Waals surface area contributed by atoms with Crippen LogP contribution in [0.25, 0.3) is 0 Å². The summed E-state index contributed by atoms with van der Waals surface area (Å²) in [7, 11) is -2.91. The molecular weight excluding hydrogens is 379 g/mol. The molecule has 0 spiro atoms. The number of amides is 3. The Hall–Kier alpha value is -2.27. The largest absolute Gasteiger partial charge is 0.351 e. The maximum absolute atomic E-state index is 12.5. The number of imidazole rings is 1. The summed E-state index contributed by atoms with van der Waals surface area (Å²) in [5.74, 6) is -3.20. The summed E-state index contributed by atoms with van der Waals surface area (Å²) in [6, 6.07) is -2.06. The van der Waals surface area contributed by atoms with Crippen LogP contribution in [0.4, 0.5) is 0 Å². The topological polar surface area (TPSA) is 186 Å². The minimum absolute atomic E-state index is 0.000184. The lowest BCUT2D eigenvalue weighted by Crippen LogP contribution is -2.55. The van der Waals surface area contributed by atoms with Crippen LogP contribution >= 0.6 is 7.60 Å². The highest BCUT2D eigenvalue weighted by molar-refractivity contribution is 7.52. The van der Waals surface area contributed by atoms with Gasteiger partial charge in [0.05, 0.1) is 18.6 Å². The zero-order chi connectivity index (χ0) is 20.6. The van der Waals surface area contributed by atoms with Crippen molar-refractivity contribution in [2.24, 2.45) is 0 Å². The number of aromatic nitrogens is 2. The second-order valence-electron chi connectivity index (χ2n) is 5.92. The van der Waals surface area contributed by atoms with Crippen molar-refractivity contribution in [3.8, 4) is 0 Å². The second kappa shape index (κ2) is 10.2. The molecule has 3 amide bonds. The summed E-state index contributed by atoms with van der Waals surface area (Å²) in [6.45, 7) is 2.52. The number of carbonyl (C=O) groups excluding carboxylic acids is 3. The maximum atomic E-state index is 12.5. The standard InChI is InChI=1S/C14H25N6O6P/c1-8(13(22)19-9(2)27(24,25)26)18-14(23)11(20-12(21)6-15-3)4-10-5-16-7-17-10/h5,7-9,11,15H,4,6H2,1-3H3,(H,16,17)(H,18,23)(H,19,22)(H,20,21)(H2,24,25,26)/t8-,9+,11-/m0/s1. The number of nitrogens with zero attached hydrogens (tertiary/aromatic N) is 1. The van der Waals surface area contributed by atoms with E-state index in [-0.39, 0.29) is 13.0 Å². The van der Waals surface area contributed by atoms with Gasteiger partial charge in [-0.1, -0.05) is 0 Å². The van der Waals surface area contributed by atoms with Crippen molar-refractivity contribution >= 4 is 25.3 Å². The Labute approximate surface area is 156 Å². The minimum Gasteiger partial charge on any atom is -0.351 e. The smallest absolute Gasteiger partial charge is 0.347 e. The van der Waals surface area contributed by atoms with Crippen molar-refractivity contribution < 1.29 is 28.7 Å². The molecule has 27 heavy (non-hydrogen) atoms. The zero-order valence-electron chi connectivity index (χ0n) is 15.2. The Morgan fingerprint density at radius 1 is 1.19 bits per heavy atom. The van der Waals surface area contributed by atoms with Crippen LogP contribution in [0.15, 0.2) is 12.5 Å². The molecule has 7 N–H and O–H groups in total. The molecule has 13 heteroatoms. The van der Waals surface area contributed by atoms with Gasteiger partial charge in [0.2, 0.25) is 17.7 Å². The van der Waals surface area contributed by atoms with Gasteiger partial charge in [0.25, 0.3) is 0 Å². The van der Waals surface area contributed by atoms with Gasteiger partial charge in [-0.2, -0.15) is 0 Å². The lowest BCUT2D eigenvalue weighted by Gasteiger charge is -2.22. The average molecular weight is 404 g/mol. The van der Waals surface area contributed by atoms with Gasteiger partial charge in [0.15, 0.2) is 0 Å². The van der Waals surface area contributed by atoms with Crippen LogP contribution in [0.2, 0.25) is 0 Å². The first-order valence-electron chi connectivity index (χ1n) is 8.12. The monoisotopic (exact) mass is 404 g/mol. The number of hydrogen-bond donors (Lipinski definition) is 7. The Morgan fingerprint density at radius 3 is 2.37 bits per heavy atom. The molecule has 1 heterocycles. The van der Waals surface area contributed by atoms with Crippen molar-refractivity contribution in [2.45, 2.75) is 38.1 Å². The summed E-state index contributed by atoms with van der Waals surface area (Å²) < 4.78 is 11.1. The molecule has 1 rings (SSSR count). The highest BCUT2D eigenvalue weighted by atomic mass is 31.2. The van der Waals surface area contributed by atoms with Crippen LogP contribution in [-0.4, -0.2) is 68.9 Å². The van der Waals surface area contributed by atoms with Crippen LogP contribution < -0.4 is 21.3 Å². The van der Waals surface area contributed by atoms with E-state index in [1.807, 2.05) is 0 Å². The molecule has 0 aliphatic rings. The number of carbonyl (C=O) groups is 3. The molecule has 0 aliphatic carbocycles. The predicted molar refractivity (Wildman–Crippen MR) is 95.4 cm³/mol. The Bertz CT molecular complexity index is 690. The molecule has 1 aromatic rings. The van der Waals surface area contributed by atoms with Crippen LogP contribution in [0, 0.1) is 0 Å². The first-order chi connectivity index (χ1) is 12.5. The molecule has 0 saturated carbocycles. The fraction of sp³-hybridized carbons (Fsp3) is 0.571. The second-order valence-corrected chi connectivity index (χ2v) is 7.87. The summed E-state index contributed by atoms with van der Waals surface area (Å²) >= 11 is 0. The van der Waals surface area contributed by atoms with E-state index in [9.17, 15) is 18.9 Å². The summed E-state index contributed by atoms with van der Waals surface area (Å²) in [5.41, 5.74) is 0.534. The van der Waals surface area contributed by atoms with Gasteiger partial charge in [0.1, 0.15) is 17.9 Å². The summed E-state index contributed by atoms with van der Waals surface area (Å²) in [5, 5.41) is 9.76. The lowest BCUT2D eigenvalue weighted by atomic mass is 10.1. The predicted octanol–water partition coefficient (Wildman–Crippen LogP) is -2.20. The number of aromatic amines is 1. The molecule has 152 valence electrons. The van der Waals surface area contributed by atoms with Gasteiger partial charge in [-0.3, -0.25) is 18.9 Å². The molecule has 0 aliphatic heterocycles. The molecule has 0 saturated heterocycles. The molecule has 0 bridgehead atoms. The Morgan fingerprint density at radius 2 is 1.85 bits per heavy atom. The van der Waals surface area contributed by atoms with Crippen molar-refractivity contribution in [1.29, 1.82) is 0 Å². The van der Waals surface area contributed by atoms with E-state index < -0.39 is 43.2 Å². The van der Waals surface area contributed by atoms with Gasteiger partial charge in [-0.15, -0.1) is 0 Å². The summed E-state index contributed by atoms with van der Waals surface area (Å²) in [4.78, 5) is 61.1. The van der Waals surface area contributed by atoms with Crippen LogP contribution in [0.5, 0.6) is 0 Å². The van der Waals surface area contributed by atoms with Crippen molar-refractivity contribution in [3.05, 3.63) is 18.2 Å². The van der Waals surface area contributed by atoms with Crippen molar-refractivity contribution in [1.82, 2.24) is 31.2 Å². The quantitative estimate of drug-likeness (QED) is 0.214. The van der Waals surface area contributed by atoms with E-state index in [1.54, 1.807) is 13.2 Å². The Kier molecular flexibility index (Phi) is 8.57. The number of rotatable bonds is 10. The highest BCUT2D eigenvalue weighted by Crippen LogP contribution is 2.39. The fourth-order valence-corrected chi connectivity index (χ4v) is 2.32. The number of H-pyrrole nitrogens is 1. The highest BCUT2D eigenvalue weighted by Gasteiger charge is 2.29. The first kappa shape index (κ1) is 22.8. The van der Waals surface area contributed by atoms with E-state index in [2.05, 4.69) is 31.2 Å². The molecule has 3 atom stereocenters. The summed E-state index contributed by atoms with van der Waals surface area (Å²) in [6.07, 6.45) is 3.10. The van der Waals surface area contributed by atoms with Crippen molar-refractivity contribution in [2.75, 3.05) is 13.6 Å². The van der Waals surface area contributed by atoms with Gasteiger partial charge in [0, 0.05) is 12.6 Å². The third-order valence-electron chi connectivity index (χ3n) is 3.56. The van der Waals surface area contributed by atoms with Gasteiger partial charge in [-0.25, -0.2) is 4.98 Å². The van der Waals surface area contributed by atoms with Crippen LogP contribution in [0.3, 0.4) is 0 Å². The molecule has 12 nitrogen and oxygen atoms in total. The van der Waals surface area contributed by atoms with E-state index in [4.69, 9.17) is 9.79 Å². The molecule has 1 aromatic heterocycles. The average Bonchev–Trinajstić information content (AvgIpc) is 3.06. The van der Waals surface area contributed by atoms with Gasteiger partial charge >= 0.3 is 7.60 Å². The molecule has 0 aromatic carbocycles. The molecule has 0 radical (unpaired) electrons. The number of likely N-dealkylation sites (N-methyl/N-ethyl adjacent to an activating group) is 1. The zero-order valence-corrected chi connectivity index (χ0v) is 16.1. The van der Waals surface area contributed by atoms with Gasteiger partial charge in [-0.05, 0) is 20.9 Å². The fourth-order valence-electron chi connectivity index (χ4n) is 2.02. The minimum atomic E-state index is -4.49. The van der Waals surface area contributed by atoms with Crippen LogP contribution in [-0.2, 0) is 25.4 Å². The van der Waals surface area contributed by atoms with E-state index in [0.29, 0.717) is 5.69 Å². The number of hydrogen-bond acceptors (Lipinski definition) is 6. The number of nitrogens with one attached hydrogen (secondary N) is 5. The lowest BCUT2D eigenvalue weighted by molar-refractivity contribution is -0.131. The van der Waals surface area contributed by atoms with Crippen molar-refractivity contribution in [3.63, 3.8) is 0 Å². The third-order valence-corrected chi connectivity index (χ3v) is 4.70. The van der Waals surface area contributed by atoms with E-state index >= 15 is 0 Å². The molecule has 0 unspecified atom stereocenters. The first-order valence-corrected chi connectivity index (χ1v) is 9.80. The molecule has 0 fully saturated rings. The third kappa shape index (κ3) is 7.87. The molecular formula is C14H25N6O6P. The SMILES string of the molecule is CNCC(=O)N[C@@H](Cc1c[nH]cn1)C(=O)N[C@@H](C)C(=O)N[C@@H](C)P(=O)(O)O. The van der Waals surface area contributed by atoms with Crippen LogP contribution in [0.1, 0.15) is 19.5 Å².